The molecule has 2 aromatic heterocycles. The summed E-state index contributed by atoms with van der Waals surface area (Å²) in [6.07, 6.45) is 6.74. The van der Waals surface area contributed by atoms with E-state index in [1.165, 1.54) is 12.8 Å². The number of carbonyl (C=O) groups excluding carboxylic acids is 1. The lowest BCUT2D eigenvalue weighted by Crippen LogP contribution is -2.31. The van der Waals surface area contributed by atoms with Gasteiger partial charge >= 0.3 is 0 Å². The monoisotopic (exact) mass is 301 g/mol. The van der Waals surface area contributed by atoms with Crippen LogP contribution in [0.3, 0.4) is 0 Å². The van der Waals surface area contributed by atoms with Crippen molar-refractivity contribution in [3.05, 3.63) is 35.6 Å². The second kappa shape index (κ2) is 6.35. The van der Waals surface area contributed by atoms with Gasteiger partial charge in [-0.3, -0.25) is 9.78 Å². The third-order valence-electron chi connectivity index (χ3n) is 3.90. The molecule has 2 aromatic rings. The Labute approximate surface area is 128 Å². The van der Waals surface area contributed by atoms with Crippen molar-refractivity contribution in [2.45, 2.75) is 26.2 Å². The van der Waals surface area contributed by atoms with Crippen LogP contribution in [0.25, 0.3) is 10.6 Å². The van der Waals surface area contributed by atoms with E-state index in [2.05, 4.69) is 20.7 Å². The first-order valence-electron chi connectivity index (χ1n) is 7.36. The molecule has 5 heteroatoms. The van der Waals surface area contributed by atoms with Gasteiger partial charge in [0.15, 0.2) is 0 Å². The van der Waals surface area contributed by atoms with E-state index in [1.807, 2.05) is 19.1 Å². The summed E-state index contributed by atoms with van der Waals surface area (Å²) in [5.74, 6) is 0.956. The Morgan fingerprint density at radius 1 is 1.43 bits per heavy atom. The SMILES string of the molecule is CC(C(=O)NCCc1csc(-c2ccncc2)n1)C1CC1. The number of carbonyl (C=O) groups is 1. The fraction of sp³-hybridized carbons (Fsp3) is 0.438. The van der Waals surface area contributed by atoms with Gasteiger partial charge in [0.05, 0.1) is 5.69 Å². The molecule has 1 aliphatic rings. The summed E-state index contributed by atoms with van der Waals surface area (Å²) in [6, 6.07) is 3.92. The molecular formula is C16H19N3OS. The normalized spacial score (nSPS) is 15.7. The lowest BCUT2D eigenvalue weighted by Gasteiger charge is -2.10. The first-order chi connectivity index (χ1) is 10.2. The minimum Gasteiger partial charge on any atom is -0.355 e. The van der Waals surface area contributed by atoms with Crippen molar-refractivity contribution in [3.8, 4) is 10.6 Å². The zero-order valence-electron chi connectivity index (χ0n) is 12.1. The molecule has 1 saturated carbocycles. The Hall–Kier alpha value is -1.75. The molecular weight excluding hydrogens is 282 g/mol. The molecule has 4 nitrogen and oxygen atoms in total. The van der Waals surface area contributed by atoms with Gasteiger partial charge in [0.1, 0.15) is 5.01 Å². The highest BCUT2D eigenvalue weighted by molar-refractivity contribution is 7.13. The van der Waals surface area contributed by atoms with Crippen LogP contribution in [0.5, 0.6) is 0 Å². The van der Waals surface area contributed by atoms with E-state index in [0.717, 1.165) is 22.7 Å². The van der Waals surface area contributed by atoms with Crippen molar-refractivity contribution in [2.24, 2.45) is 11.8 Å². The Morgan fingerprint density at radius 3 is 2.90 bits per heavy atom. The molecule has 0 saturated heterocycles. The van der Waals surface area contributed by atoms with E-state index in [0.29, 0.717) is 12.5 Å². The molecule has 0 spiro atoms. The van der Waals surface area contributed by atoms with Gasteiger partial charge in [-0.25, -0.2) is 4.98 Å². The number of hydrogen-bond donors (Lipinski definition) is 1. The molecule has 1 fully saturated rings. The predicted molar refractivity (Wildman–Crippen MR) is 83.9 cm³/mol. The highest BCUT2D eigenvalue weighted by atomic mass is 32.1. The number of aromatic nitrogens is 2. The van der Waals surface area contributed by atoms with Crippen molar-refractivity contribution < 1.29 is 4.79 Å². The lowest BCUT2D eigenvalue weighted by atomic mass is 10.1. The molecule has 1 amide bonds. The largest absolute Gasteiger partial charge is 0.355 e. The Balaban J connectivity index is 1.50. The number of nitrogens with zero attached hydrogens (tertiary/aromatic N) is 2. The van der Waals surface area contributed by atoms with Gasteiger partial charge < -0.3 is 5.32 Å². The maximum Gasteiger partial charge on any atom is 0.223 e. The summed E-state index contributed by atoms with van der Waals surface area (Å²) in [5.41, 5.74) is 2.12. The maximum atomic E-state index is 11.9. The highest BCUT2D eigenvalue weighted by Gasteiger charge is 2.32. The maximum absolute atomic E-state index is 11.9. The molecule has 2 heterocycles. The number of amides is 1. The zero-order valence-corrected chi connectivity index (χ0v) is 12.9. The molecule has 1 unspecified atom stereocenters. The molecule has 1 atom stereocenters. The van der Waals surface area contributed by atoms with Crippen LogP contribution >= 0.6 is 11.3 Å². The van der Waals surface area contributed by atoms with Gasteiger partial charge in [-0.1, -0.05) is 6.92 Å². The van der Waals surface area contributed by atoms with Crippen LogP contribution in [0.2, 0.25) is 0 Å². The van der Waals surface area contributed by atoms with E-state index < -0.39 is 0 Å². The lowest BCUT2D eigenvalue weighted by molar-refractivity contribution is -0.125. The molecule has 1 N–H and O–H groups in total. The Bertz CT molecular complexity index is 607. The van der Waals surface area contributed by atoms with Crippen LogP contribution in [-0.4, -0.2) is 22.4 Å². The zero-order chi connectivity index (χ0) is 14.7. The van der Waals surface area contributed by atoms with Gasteiger partial charge in [0, 0.05) is 42.2 Å². The first-order valence-corrected chi connectivity index (χ1v) is 8.24. The minimum atomic E-state index is 0.160. The molecule has 1 aliphatic carbocycles. The standard InChI is InChI=1S/C16H19N3OS/c1-11(12-2-3-12)15(20)18-9-6-14-10-21-16(19-14)13-4-7-17-8-5-13/h4-5,7-8,10-12H,2-3,6,9H2,1H3,(H,18,20). The fourth-order valence-corrected chi connectivity index (χ4v) is 3.19. The van der Waals surface area contributed by atoms with Crippen LogP contribution < -0.4 is 5.32 Å². The van der Waals surface area contributed by atoms with Crippen molar-refractivity contribution >= 4 is 17.2 Å². The molecule has 3 rings (SSSR count). The van der Waals surface area contributed by atoms with Gasteiger partial charge in [-0.2, -0.15) is 0 Å². The summed E-state index contributed by atoms with van der Waals surface area (Å²) < 4.78 is 0. The minimum absolute atomic E-state index is 0.160. The molecule has 0 aliphatic heterocycles. The van der Waals surface area contributed by atoms with Crippen molar-refractivity contribution in [1.29, 1.82) is 0 Å². The summed E-state index contributed by atoms with van der Waals surface area (Å²) in [5, 5.41) is 6.08. The van der Waals surface area contributed by atoms with Gasteiger partial charge in [-0.05, 0) is 30.9 Å². The first kappa shape index (κ1) is 14.2. The van der Waals surface area contributed by atoms with Crippen molar-refractivity contribution in [2.75, 3.05) is 6.54 Å². The summed E-state index contributed by atoms with van der Waals surface area (Å²) in [6.45, 7) is 2.69. The number of thiazole rings is 1. The van der Waals surface area contributed by atoms with Gasteiger partial charge in [-0.15, -0.1) is 11.3 Å². The van der Waals surface area contributed by atoms with E-state index in [-0.39, 0.29) is 11.8 Å². The number of pyridine rings is 1. The summed E-state index contributed by atoms with van der Waals surface area (Å²) >= 11 is 1.63. The van der Waals surface area contributed by atoms with E-state index >= 15 is 0 Å². The molecule has 0 radical (unpaired) electrons. The van der Waals surface area contributed by atoms with Gasteiger partial charge in [0.2, 0.25) is 5.91 Å². The Morgan fingerprint density at radius 2 is 2.19 bits per heavy atom. The average molecular weight is 301 g/mol. The number of nitrogens with one attached hydrogen (secondary N) is 1. The van der Waals surface area contributed by atoms with Crippen LogP contribution in [-0.2, 0) is 11.2 Å². The number of rotatable bonds is 6. The summed E-state index contributed by atoms with van der Waals surface area (Å²) in [7, 11) is 0. The average Bonchev–Trinajstić information content (AvgIpc) is 3.26. The number of hydrogen-bond acceptors (Lipinski definition) is 4. The highest BCUT2D eigenvalue weighted by Crippen LogP contribution is 2.36. The third-order valence-corrected chi connectivity index (χ3v) is 4.84. The second-order valence-corrected chi connectivity index (χ2v) is 6.41. The smallest absolute Gasteiger partial charge is 0.223 e. The predicted octanol–water partition coefficient (Wildman–Crippen LogP) is 2.91. The third kappa shape index (κ3) is 3.67. The quantitative estimate of drug-likeness (QED) is 0.892. The second-order valence-electron chi connectivity index (χ2n) is 5.55. The van der Waals surface area contributed by atoms with Crippen LogP contribution in [0, 0.1) is 11.8 Å². The summed E-state index contributed by atoms with van der Waals surface area (Å²) in [4.78, 5) is 20.5. The van der Waals surface area contributed by atoms with E-state index in [9.17, 15) is 4.79 Å². The van der Waals surface area contributed by atoms with Gasteiger partial charge in [0.25, 0.3) is 0 Å². The molecule has 21 heavy (non-hydrogen) atoms. The van der Waals surface area contributed by atoms with E-state index in [1.54, 1.807) is 23.7 Å². The molecule has 0 aromatic carbocycles. The molecule has 0 bridgehead atoms. The molecule has 110 valence electrons. The van der Waals surface area contributed by atoms with Crippen molar-refractivity contribution in [1.82, 2.24) is 15.3 Å². The topological polar surface area (TPSA) is 54.9 Å². The van der Waals surface area contributed by atoms with Crippen molar-refractivity contribution in [3.63, 3.8) is 0 Å². The fourth-order valence-electron chi connectivity index (χ4n) is 2.33. The van der Waals surface area contributed by atoms with E-state index in [4.69, 9.17) is 0 Å². The van der Waals surface area contributed by atoms with Crippen LogP contribution in [0.1, 0.15) is 25.5 Å². The Kier molecular flexibility index (Phi) is 4.29. The van der Waals surface area contributed by atoms with Crippen LogP contribution in [0.4, 0.5) is 0 Å². The van der Waals surface area contributed by atoms with Crippen LogP contribution in [0.15, 0.2) is 29.9 Å².